The van der Waals surface area contributed by atoms with E-state index in [0.717, 1.165) is 26.2 Å². The fourth-order valence-corrected chi connectivity index (χ4v) is 1.30. The number of ether oxygens (including phenoxy) is 1. The van der Waals surface area contributed by atoms with Gasteiger partial charge in [-0.25, -0.2) is 9.80 Å². The third-order valence-corrected chi connectivity index (χ3v) is 2.22. The number of esters is 1. The highest BCUT2D eigenvalue weighted by Crippen LogP contribution is 1.95. The van der Waals surface area contributed by atoms with E-state index >= 15 is 0 Å². The van der Waals surface area contributed by atoms with Crippen LogP contribution >= 0.6 is 0 Å². The Morgan fingerprint density at radius 1 is 1.27 bits per heavy atom. The summed E-state index contributed by atoms with van der Waals surface area (Å²) in [5, 5.41) is 1.74. The summed E-state index contributed by atoms with van der Waals surface area (Å²) in [4.78, 5) is 24.4. The van der Waals surface area contributed by atoms with E-state index < -0.39 is 11.9 Å². The number of hydrogen-bond donors (Lipinski definition) is 1. The Morgan fingerprint density at radius 2 is 1.87 bits per heavy atom. The number of likely N-dealkylation sites (N-methyl/N-ethyl adjacent to an activating group) is 1. The van der Waals surface area contributed by atoms with E-state index in [2.05, 4.69) is 15.1 Å². The SMILES string of the molecule is CCOC(=O)C(=O)NN1CCN(C)CC1. The average molecular weight is 215 g/mol. The Kier molecular flexibility index (Phi) is 4.51. The molecule has 0 atom stereocenters. The van der Waals surface area contributed by atoms with Gasteiger partial charge in [0, 0.05) is 26.2 Å². The lowest BCUT2D eigenvalue weighted by Crippen LogP contribution is -2.54. The van der Waals surface area contributed by atoms with Gasteiger partial charge >= 0.3 is 11.9 Å². The topological polar surface area (TPSA) is 61.9 Å². The standard InChI is InChI=1S/C9H17N3O3/c1-3-15-9(14)8(13)10-12-6-4-11(2)5-7-12/h3-7H2,1-2H3,(H,10,13). The second-order valence-electron chi connectivity index (χ2n) is 3.45. The van der Waals surface area contributed by atoms with Crippen molar-refractivity contribution in [2.24, 2.45) is 0 Å². The van der Waals surface area contributed by atoms with Gasteiger partial charge in [0.25, 0.3) is 0 Å². The maximum Gasteiger partial charge on any atom is 0.398 e. The van der Waals surface area contributed by atoms with Crippen LogP contribution in [-0.4, -0.2) is 61.6 Å². The van der Waals surface area contributed by atoms with Crippen LogP contribution in [0.15, 0.2) is 0 Å². The maximum atomic E-state index is 11.2. The summed E-state index contributed by atoms with van der Waals surface area (Å²) in [5.74, 6) is -1.52. The van der Waals surface area contributed by atoms with Gasteiger partial charge in [0.2, 0.25) is 0 Å². The highest BCUT2D eigenvalue weighted by molar-refractivity contribution is 6.32. The Balaban J connectivity index is 2.29. The Labute approximate surface area is 89.1 Å². The van der Waals surface area contributed by atoms with E-state index in [4.69, 9.17) is 0 Å². The van der Waals surface area contributed by atoms with Crippen molar-refractivity contribution in [3.63, 3.8) is 0 Å². The molecule has 6 heteroatoms. The van der Waals surface area contributed by atoms with Gasteiger partial charge in [-0.3, -0.25) is 10.2 Å². The van der Waals surface area contributed by atoms with Gasteiger partial charge in [-0.2, -0.15) is 0 Å². The summed E-state index contributed by atoms with van der Waals surface area (Å²) in [6.07, 6.45) is 0. The lowest BCUT2D eigenvalue weighted by Gasteiger charge is -2.31. The molecule has 0 saturated carbocycles. The molecule has 0 unspecified atom stereocenters. The molecule has 0 spiro atoms. The fraction of sp³-hybridized carbons (Fsp3) is 0.778. The predicted molar refractivity (Wildman–Crippen MR) is 53.8 cm³/mol. The molecule has 15 heavy (non-hydrogen) atoms. The van der Waals surface area contributed by atoms with Crippen molar-refractivity contribution in [2.75, 3.05) is 39.8 Å². The zero-order chi connectivity index (χ0) is 11.3. The summed E-state index contributed by atoms with van der Waals surface area (Å²) in [7, 11) is 2.02. The summed E-state index contributed by atoms with van der Waals surface area (Å²) >= 11 is 0. The van der Waals surface area contributed by atoms with Gasteiger partial charge in [0.15, 0.2) is 0 Å². The molecule has 1 saturated heterocycles. The molecule has 1 aliphatic rings. The molecule has 0 radical (unpaired) electrons. The van der Waals surface area contributed by atoms with Crippen LogP contribution in [0.3, 0.4) is 0 Å². The van der Waals surface area contributed by atoms with E-state index in [-0.39, 0.29) is 6.61 Å². The Hall–Kier alpha value is -1.14. The molecule has 86 valence electrons. The highest BCUT2D eigenvalue weighted by atomic mass is 16.5. The molecule has 1 heterocycles. The molecule has 1 N–H and O–H groups in total. The predicted octanol–water partition coefficient (Wildman–Crippen LogP) is -1.17. The third-order valence-electron chi connectivity index (χ3n) is 2.22. The van der Waals surface area contributed by atoms with E-state index in [9.17, 15) is 9.59 Å². The molecule has 1 amide bonds. The molecule has 1 rings (SSSR count). The molecule has 6 nitrogen and oxygen atoms in total. The number of hydrogen-bond acceptors (Lipinski definition) is 5. The number of piperazine rings is 1. The summed E-state index contributed by atoms with van der Waals surface area (Å²) in [6.45, 7) is 5.09. The number of carbonyl (C=O) groups is 2. The second-order valence-corrected chi connectivity index (χ2v) is 3.45. The van der Waals surface area contributed by atoms with Crippen molar-refractivity contribution in [3.05, 3.63) is 0 Å². The van der Waals surface area contributed by atoms with Crippen LogP contribution in [0.5, 0.6) is 0 Å². The zero-order valence-corrected chi connectivity index (χ0v) is 9.15. The molecule has 0 aromatic rings. The third kappa shape index (κ3) is 3.85. The number of carbonyl (C=O) groups excluding carboxylic acids is 2. The van der Waals surface area contributed by atoms with Crippen molar-refractivity contribution in [2.45, 2.75) is 6.92 Å². The van der Waals surface area contributed by atoms with E-state index in [0.29, 0.717) is 0 Å². The minimum atomic E-state index is -0.823. The number of rotatable bonds is 2. The Morgan fingerprint density at radius 3 is 2.40 bits per heavy atom. The molecule has 0 aliphatic carbocycles. The fourth-order valence-electron chi connectivity index (χ4n) is 1.30. The monoisotopic (exact) mass is 215 g/mol. The van der Waals surface area contributed by atoms with Crippen molar-refractivity contribution >= 4 is 11.9 Å². The van der Waals surface area contributed by atoms with Gasteiger partial charge in [-0.15, -0.1) is 0 Å². The molecular formula is C9H17N3O3. The minimum Gasteiger partial charge on any atom is -0.459 e. The van der Waals surface area contributed by atoms with Crippen molar-refractivity contribution in [1.82, 2.24) is 15.3 Å². The zero-order valence-electron chi connectivity index (χ0n) is 9.15. The minimum absolute atomic E-state index is 0.217. The van der Waals surface area contributed by atoms with Crippen LogP contribution in [0.1, 0.15) is 6.92 Å². The van der Waals surface area contributed by atoms with Gasteiger partial charge < -0.3 is 9.64 Å². The van der Waals surface area contributed by atoms with Crippen LogP contribution in [-0.2, 0) is 14.3 Å². The molecule has 1 fully saturated rings. The quantitative estimate of drug-likeness (QED) is 0.464. The van der Waals surface area contributed by atoms with Crippen molar-refractivity contribution in [1.29, 1.82) is 0 Å². The average Bonchev–Trinajstić information content (AvgIpc) is 2.22. The largest absolute Gasteiger partial charge is 0.459 e. The summed E-state index contributed by atoms with van der Waals surface area (Å²) in [5.41, 5.74) is 2.52. The van der Waals surface area contributed by atoms with Crippen LogP contribution < -0.4 is 5.43 Å². The van der Waals surface area contributed by atoms with E-state index in [1.807, 2.05) is 7.05 Å². The lowest BCUT2D eigenvalue weighted by molar-refractivity contribution is -0.157. The van der Waals surface area contributed by atoms with E-state index in [1.165, 1.54) is 0 Å². The number of nitrogens with zero attached hydrogens (tertiary/aromatic N) is 2. The first kappa shape index (κ1) is 11.9. The molecular weight excluding hydrogens is 198 g/mol. The summed E-state index contributed by atoms with van der Waals surface area (Å²) in [6, 6.07) is 0. The van der Waals surface area contributed by atoms with Gasteiger partial charge in [-0.05, 0) is 14.0 Å². The van der Waals surface area contributed by atoms with E-state index in [1.54, 1.807) is 11.9 Å². The van der Waals surface area contributed by atoms with Gasteiger partial charge in [0.05, 0.1) is 6.61 Å². The maximum absolute atomic E-state index is 11.2. The molecule has 0 bridgehead atoms. The molecule has 1 aliphatic heterocycles. The lowest BCUT2D eigenvalue weighted by atomic mass is 10.4. The van der Waals surface area contributed by atoms with Crippen LogP contribution in [0.4, 0.5) is 0 Å². The highest BCUT2D eigenvalue weighted by Gasteiger charge is 2.20. The molecule has 0 aromatic heterocycles. The number of amides is 1. The summed E-state index contributed by atoms with van der Waals surface area (Å²) < 4.78 is 4.58. The normalized spacial score (nSPS) is 18.5. The van der Waals surface area contributed by atoms with Gasteiger partial charge in [-0.1, -0.05) is 0 Å². The number of nitrogens with one attached hydrogen (secondary N) is 1. The first-order valence-electron chi connectivity index (χ1n) is 5.04. The van der Waals surface area contributed by atoms with Crippen LogP contribution in [0, 0.1) is 0 Å². The van der Waals surface area contributed by atoms with Crippen molar-refractivity contribution < 1.29 is 14.3 Å². The first-order chi connectivity index (χ1) is 7.13. The van der Waals surface area contributed by atoms with Crippen molar-refractivity contribution in [3.8, 4) is 0 Å². The van der Waals surface area contributed by atoms with Crippen LogP contribution in [0.2, 0.25) is 0 Å². The smallest absolute Gasteiger partial charge is 0.398 e. The second kappa shape index (κ2) is 5.67. The Bertz CT molecular complexity index is 237. The first-order valence-corrected chi connectivity index (χ1v) is 5.04. The van der Waals surface area contributed by atoms with Crippen LogP contribution in [0.25, 0.3) is 0 Å². The van der Waals surface area contributed by atoms with Gasteiger partial charge in [0.1, 0.15) is 0 Å². The number of hydrazine groups is 1. The molecule has 0 aromatic carbocycles.